The van der Waals surface area contributed by atoms with Crippen molar-refractivity contribution in [3.63, 3.8) is 0 Å². The lowest BCUT2D eigenvalue weighted by molar-refractivity contribution is 0.109. The third-order valence-corrected chi connectivity index (χ3v) is 2.38. The first-order valence-corrected chi connectivity index (χ1v) is 6.10. The number of carbonyl (C=O) groups is 1. The maximum Gasteiger partial charge on any atom is 0.409 e. The zero-order valence-electron chi connectivity index (χ0n) is 10.4. The second kappa shape index (κ2) is 9.81. The van der Waals surface area contributed by atoms with Crippen molar-refractivity contribution in [2.75, 3.05) is 20.2 Å². The van der Waals surface area contributed by atoms with Gasteiger partial charge in [0.15, 0.2) is 0 Å². The summed E-state index contributed by atoms with van der Waals surface area (Å²) in [6.45, 7) is 5.66. The number of amides is 1. The molecule has 0 aliphatic carbocycles. The standard InChI is InChI=1S/C12H25NO2/c1-4-6-8-10-13(3)12(14)15-11-9-7-5-2/h4-11H2,1-3H3. The van der Waals surface area contributed by atoms with Crippen LogP contribution in [0.25, 0.3) is 0 Å². The van der Waals surface area contributed by atoms with E-state index in [0.717, 1.165) is 32.2 Å². The Hall–Kier alpha value is -0.730. The van der Waals surface area contributed by atoms with Crippen molar-refractivity contribution in [3.8, 4) is 0 Å². The fourth-order valence-corrected chi connectivity index (χ4v) is 1.31. The van der Waals surface area contributed by atoms with Crippen molar-refractivity contribution >= 4 is 6.09 Å². The smallest absolute Gasteiger partial charge is 0.409 e. The van der Waals surface area contributed by atoms with E-state index in [1.54, 1.807) is 11.9 Å². The third-order valence-electron chi connectivity index (χ3n) is 2.38. The fraction of sp³-hybridized carbons (Fsp3) is 0.917. The molecule has 0 saturated carbocycles. The number of hydrogen-bond donors (Lipinski definition) is 0. The first-order chi connectivity index (χ1) is 7.22. The van der Waals surface area contributed by atoms with Crippen LogP contribution in [-0.4, -0.2) is 31.2 Å². The maximum atomic E-state index is 11.4. The second-order valence-corrected chi connectivity index (χ2v) is 3.95. The SMILES string of the molecule is CCCCCOC(=O)N(C)CCCCC. The van der Waals surface area contributed by atoms with Gasteiger partial charge in [0.25, 0.3) is 0 Å². The molecule has 1 amide bonds. The minimum Gasteiger partial charge on any atom is -0.449 e. The molecule has 0 N–H and O–H groups in total. The summed E-state index contributed by atoms with van der Waals surface area (Å²) in [5.41, 5.74) is 0. The van der Waals surface area contributed by atoms with Crippen molar-refractivity contribution in [3.05, 3.63) is 0 Å². The van der Waals surface area contributed by atoms with E-state index in [1.807, 2.05) is 0 Å². The zero-order chi connectivity index (χ0) is 11.5. The van der Waals surface area contributed by atoms with Crippen LogP contribution >= 0.6 is 0 Å². The maximum absolute atomic E-state index is 11.4. The second-order valence-electron chi connectivity index (χ2n) is 3.95. The molecule has 3 nitrogen and oxygen atoms in total. The summed E-state index contributed by atoms with van der Waals surface area (Å²) in [5, 5.41) is 0. The summed E-state index contributed by atoms with van der Waals surface area (Å²) in [7, 11) is 1.80. The topological polar surface area (TPSA) is 29.5 Å². The molecule has 0 fully saturated rings. The first kappa shape index (κ1) is 14.3. The molecule has 0 unspecified atom stereocenters. The van der Waals surface area contributed by atoms with Gasteiger partial charge in [0.05, 0.1) is 6.61 Å². The molecule has 0 saturated heterocycles. The van der Waals surface area contributed by atoms with E-state index in [9.17, 15) is 4.79 Å². The van der Waals surface area contributed by atoms with Crippen LogP contribution in [0, 0.1) is 0 Å². The van der Waals surface area contributed by atoms with Gasteiger partial charge in [-0.05, 0) is 12.8 Å². The van der Waals surface area contributed by atoms with Gasteiger partial charge in [0.1, 0.15) is 0 Å². The van der Waals surface area contributed by atoms with E-state index in [0.29, 0.717) is 6.61 Å². The molecule has 0 aromatic heterocycles. The lowest BCUT2D eigenvalue weighted by Crippen LogP contribution is -2.28. The predicted molar refractivity (Wildman–Crippen MR) is 63.0 cm³/mol. The molecule has 0 radical (unpaired) electrons. The Bertz CT molecular complexity index is 160. The van der Waals surface area contributed by atoms with Crippen molar-refractivity contribution < 1.29 is 9.53 Å². The molecule has 0 heterocycles. The lowest BCUT2D eigenvalue weighted by Gasteiger charge is -2.16. The zero-order valence-corrected chi connectivity index (χ0v) is 10.4. The number of nitrogens with zero attached hydrogens (tertiary/aromatic N) is 1. The lowest BCUT2D eigenvalue weighted by atomic mass is 10.2. The molecule has 0 rings (SSSR count). The molecule has 3 heteroatoms. The quantitative estimate of drug-likeness (QED) is 0.580. The number of carbonyl (C=O) groups excluding carboxylic acids is 1. The summed E-state index contributed by atoms with van der Waals surface area (Å²) in [5.74, 6) is 0. The highest BCUT2D eigenvalue weighted by Gasteiger charge is 2.08. The molecular formula is C12H25NO2. The Labute approximate surface area is 93.8 Å². The normalized spacial score (nSPS) is 10.1. The molecule has 0 bridgehead atoms. The van der Waals surface area contributed by atoms with Crippen LogP contribution < -0.4 is 0 Å². The van der Waals surface area contributed by atoms with Gasteiger partial charge < -0.3 is 9.64 Å². The van der Waals surface area contributed by atoms with Crippen LogP contribution in [0.15, 0.2) is 0 Å². The number of hydrogen-bond acceptors (Lipinski definition) is 2. The molecule has 15 heavy (non-hydrogen) atoms. The van der Waals surface area contributed by atoms with E-state index < -0.39 is 0 Å². The number of rotatable bonds is 8. The fourth-order valence-electron chi connectivity index (χ4n) is 1.31. The molecule has 0 aliphatic heterocycles. The average Bonchev–Trinajstić information content (AvgIpc) is 2.24. The molecule has 0 spiro atoms. The minimum atomic E-state index is -0.179. The van der Waals surface area contributed by atoms with E-state index in [1.165, 1.54) is 12.8 Å². The van der Waals surface area contributed by atoms with Gasteiger partial charge in [0, 0.05) is 13.6 Å². The molecule has 0 aliphatic rings. The highest BCUT2D eigenvalue weighted by atomic mass is 16.6. The van der Waals surface area contributed by atoms with Crippen LogP contribution in [0.5, 0.6) is 0 Å². The summed E-state index contributed by atoms with van der Waals surface area (Å²) < 4.78 is 5.12. The molecule has 0 atom stereocenters. The average molecular weight is 215 g/mol. The highest BCUT2D eigenvalue weighted by Crippen LogP contribution is 2.00. The Morgan fingerprint density at radius 2 is 1.67 bits per heavy atom. The van der Waals surface area contributed by atoms with Crippen LogP contribution in [0.3, 0.4) is 0 Å². The molecule has 0 aromatic rings. The molecule has 0 aromatic carbocycles. The van der Waals surface area contributed by atoms with Gasteiger partial charge in [0.2, 0.25) is 0 Å². The Morgan fingerprint density at radius 1 is 1.07 bits per heavy atom. The van der Waals surface area contributed by atoms with Crippen LogP contribution in [0.4, 0.5) is 4.79 Å². The van der Waals surface area contributed by atoms with E-state index >= 15 is 0 Å². The number of ether oxygens (including phenoxy) is 1. The van der Waals surface area contributed by atoms with Gasteiger partial charge in [-0.15, -0.1) is 0 Å². The van der Waals surface area contributed by atoms with Crippen molar-refractivity contribution in [1.82, 2.24) is 4.90 Å². The molecular weight excluding hydrogens is 190 g/mol. The first-order valence-electron chi connectivity index (χ1n) is 6.10. The van der Waals surface area contributed by atoms with Gasteiger partial charge in [-0.3, -0.25) is 0 Å². The van der Waals surface area contributed by atoms with Crippen LogP contribution in [-0.2, 0) is 4.74 Å². The summed E-state index contributed by atoms with van der Waals surface area (Å²) in [6.07, 6.45) is 6.51. The Balaban J connectivity index is 3.42. The Morgan fingerprint density at radius 3 is 2.27 bits per heavy atom. The van der Waals surface area contributed by atoms with Crippen molar-refractivity contribution in [2.24, 2.45) is 0 Å². The Kier molecular flexibility index (Phi) is 9.33. The minimum absolute atomic E-state index is 0.179. The van der Waals surface area contributed by atoms with Gasteiger partial charge in [-0.2, -0.15) is 0 Å². The van der Waals surface area contributed by atoms with Gasteiger partial charge in [-0.1, -0.05) is 39.5 Å². The predicted octanol–water partition coefficient (Wildman–Crippen LogP) is 3.44. The third kappa shape index (κ3) is 8.28. The van der Waals surface area contributed by atoms with Gasteiger partial charge in [-0.25, -0.2) is 4.79 Å². The highest BCUT2D eigenvalue weighted by molar-refractivity contribution is 5.67. The largest absolute Gasteiger partial charge is 0.449 e. The van der Waals surface area contributed by atoms with E-state index in [2.05, 4.69) is 13.8 Å². The van der Waals surface area contributed by atoms with E-state index in [-0.39, 0.29) is 6.09 Å². The van der Waals surface area contributed by atoms with Crippen molar-refractivity contribution in [2.45, 2.75) is 52.4 Å². The van der Waals surface area contributed by atoms with Crippen molar-refractivity contribution in [1.29, 1.82) is 0 Å². The molecule has 90 valence electrons. The van der Waals surface area contributed by atoms with Crippen LogP contribution in [0.2, 0.25) is 0 Å². The summed E-state index contributed by atoms with van der Waals surface area (Å²) >= 11 is 0. The summed E-state index contributed by atoms with van der Waals surface area (Å²) in [4.78, 5) is 13.1. The van der Waals surface area contributed by atoms with Crippen LogP contribution in [0.1, 0.15) is 52.4 Å². The number of unbranched alkanes of at least 4 members (excludes halogenated alkanes) is 4. The summed E-state index contributed by atoms with van der Waals surface area (Å²) in [6, 6.07) is 0. The van der Waals surface area contributed by atoms with Gasteiger partial charge >= 0.3 is 6.09 Å². The monoisotopic (exact) mass is 215 g/mol. The van der Waals surface area contributed by atoms with E-state index in [4.69, 9.17) is 4.74 Å².